The van der Waals surface area contributed by atoms with Crippen molar-refractivity contribution in [2.24, 2.45) is 0 Å². The second-order valence-electron chi connectivity index (χ2n) is 7.83. The third kappa shape index (κ3) is 5.50. The third-order valence-corrected chi connectivity index (χ3v) is 5.19. The Labute approximate surface area is 195 Å². The molecular weight excluding hydrogens is 434 g/mol. The average molecular weight is 457 g/mol. The molecular formula is C27H23NO6. The molecule has 0 saturated carbocycles. The molecule has 0 radical (unpaired) electrons. The maximum absolute atomic E-state index is 12.9. The van der Waals surface area contributed by atoms with Crippen LogP contribution in [-0.2, 0) is 14.3 Å². The number of carbonyl (C=O) groups is 2. The standard InChI is InChI=1S/C27H23NO6/c1-17-8-10-20(11-9-17)28-27(31)26(19-6-4-3-5-7-19)34-25(30)16-32-21-12-13-22-18(2)14-24(29)33-23(22)15-21/h3-15,26H,16H2,1-2H3,(H,28,31). The minimum absolute atomic E-state index is 0.332. The number of benzene rings is 3. The van der Waals surface area contributed by atoms with Crippen molar-refractivity contribution in [2.75, 3.05) is 11.9 Å². The van der Waals surface area contributed by atoms with Gasteiger partial charge in [0.25, 0.3) is 5.91 Å². The van der Waals surface area contributed by atoms with Crippen LogP contribution >= 0.6 is 0 Å². The van der Waals surface area contributed by atoms with Crippen molar-refractivity contribution in [3.8, 4) is 5.75 Å². The molecule has 0 aliphatic carbocycles. The summed E-state index contributed by atoms with van der Waals surface area (Å²) in [7, 11) is 0. The first-order valence-corrected chi connectivity index (χ1v) is 10.7. The summed E-state index contributed by atoms with van der Waals surface area (Å²) in [6, 6.07) is 22.4. The number of fused-ring (bicyclic) bond motifs is 1. The minimum atomic E-state index is -1.16. The fourth-order valence-corrected chi connectivity index (χ4v) is 3.45. The first kappa shape index (κ1) is 22.8. The SMILES string of the molecule is Cc1ccc(NC(=O)C(OC(=O)COc2ccc3c(C)cc(=O)oc3c2)c2ccccc2)cc1. The second kappa shape index (κ2) is 10.0. The van der Waals surface area contributed by atoms with Crippen LogP contribution in [0.5, 0.6) is 5.75 Å². The summed E-state index contributed by atoms with van der Waals surface area (Å²) in [6.45, 7) is 3.33. The van der Waals surface area contributed by atoms with Crippen LogP contribution in [0.1, 0.15) is 22.8 Å². The maximum Gasteiger partial charge on any atom is 0.345 e. The van der Waals surface area contributed by atoms with Crippen molar-refractivity contribution >= 4 is 28.5 Å². The Balaban J connectivity index is 1.46. The number of esters is 1. The molecule has 172 valence electrons. The summed E-state index contributed by atoms with van der Waals surface area (Å²) in [4.78, 5) is 37.1. The predicted octanol–water partition coefficient (Wildman–Crippen LogP) is 4.71. The second-order valence-corrected chi connectivity index (χ2v) is 7.83. The molecule has 1 amide bonds. The molecule has 7 heteroatoms. The van der Waals surface area contributed by atoms with Crippen LogP contribution in [0.4, 0.5) is 5.69 Å². The highest BCUT2D eigenvalue weighted by atomic mass is 16.6. The lowest BCUT2D eigenvalue weighted by atomic mass is 10.1. The fourth-order valence-electron chi connectivity index (χ4n) is 3.45. The number of hydrogen-bond acceptors (Lipinski definition) is 6. The van der Waals surface area contributed by atoms with Crippen LogP contribution < -0.4 is 15.7 Å². The van der Waals surface area contributed by atoms with Crippen LogP contribution in [0.25, 0.3) is 11.0 Å². The molecule has 0 fully saturated rings. The van der Waals surface area contributed by atoms with Gasteiger partial charge in [-0.25, -0.2) is 9.59 Å². The van der Waals surface area contributed by atoms with Gasteiger partial charge < -0.3 is 19.2 Å². The normalized spacial score (nSPS) is 11.6. The molecule has 34 heavy (non-hydrogen) atoms. The van der Waals surface area contributed by atoms with Gasteiger partial charge in [0, 0.05) is 28.8 Å². The average Bonchev–Trinajstić information content (AvgIpc) is 2.82. The molecule has 1 atom stereocenters. The summed E-state index contributed by atoms with van der Waals surface area (Å²) >= 11 is 0. The number of hydrogen-bond donors (Lipinski definition) is 1. The zero-order chi connectivity index (χ0) is 24.1. The molecule has 7 nitrogen and oxygen atoms in total. The number of anilines is 1. The lowest BCUT2D eigenvalue weighted by Gasteiger charge is -2.18. The fraction of sp³-hybridized carbons (Fsp3) is 0.148. The van der Waals surface area contributed by atoms with Crippen LogP contribution in [0.15, 0.2) is 88.1 Å². The lowest BCUT2D eigenvalue weighted by Crippen LogP contribution is -2.28. The Hall–Kier alpha value is -4.39. The lowest BCUT2D eigenvalue weighted by molar-refractivity contribution is -0.156. The van der Waals surface area contributed by atoms with Crippen molar-refractivity contribution in [1.29, 1.82) is 0 Å². The molecule has 0 bridgehead atoms. The van der Waals surface area contributed by atoms with E-state index in [1.165, 1.54) is 12.1 Å². The summed E-state index contributed by atoms with van der Waals surface area (Å²) in [6.07, 6.45) is -1.16. The van der Waals surface area contributed by atoms with Crippen LogP contribution in [-0.4, -0.2) is 18.5 Å². The van der Waals surface area contributed by atoms with E-state index in [2.05, 4.69) is 5.32 Å². The van der Waals surface area contributed by atoms with Crippen molar-refractivity contribution in [3.05, 3.63) is 106 Å². The van der Waals surface area contributed by atoms with E-state index in [1.807, 2.05) is 32.0 Å². The highest BCUT2D eigenvalue weighted by Crippen LogP contribution is 2.23. The summed E-state index contributed by atoms with van der Waals surface area (Å²) in [5.74, 6) is -0.872. The van der Waals surface area contributed by atoms with Gasteiger partial charge in [-0.15, -0.1) is 0 Å². The van der Waals surface area contributed by atoms with Gasteiger partial charge in [-0.2, -0.15) is 0 Å². The van der Waals surface area contributed by atoms with Crippen molar-refractivity contribution < 1.29 is 23.5 Å². The molecule has 0 saturated heterocycles. The molecule has 3 aromatic carbocycles. The highest BCUT2D eigenvalue weighted by molar-refractivity contribution is 5.96. The van der Waals surface area contributed by atoms with E-state index < -0.39 is 30.2 Å². The summed E-state index contributed by atoms with van der Waals surface area (Å²) < 4.78 is 16.2. The monoisotopic (exact) mass is 457 g/mol. The molecule has 0 aliphatic rings. The van der Waals surface area contributed by atoms with Gasteiger partial charge in [-0.05, 0) is 43.7 Å². The van der Waals surface area contributed by atoms with Gasteiger partial charge in [-0.3, -0.25) is 4.79 Å². The van der Waals surface area contributed by atoms with Gasteiger partial charge in [0.15, 0.2) is 6.61 Å². The van der Waals surface area contributed by atoms with Crippen molar-refractivity contribution in [2.45, 2.75) is 20.0 Å². The zero-order valence-electron chi connectivity index (χ0n) is 18.7. The largest absolute Gasteiger partial charge is 0.482 e. The summed E-state index contributed by atoms with van der Waals surface area (Å²) in [5.41, 5.74) is 2.86. The Kier molecular flexibility index (Phi) is 6.73. The smallest absolute Gasteiger partial charge is 0.345 e. The molecule has 1 N–H and O–H groups in total. The highest BCUT2D eigenvalue weighted by Gasteiger charge is 2.25. The van der Waals surface area contributed by atoms with Crippen LogP contribution in [0.3, 0.4) is 0 Å². The van der Waals surface area contributed by atoms with E-state index in [0.29, 0.717) is 22.6 Å². The quantitative estimate of drug-likeness (QED) is 0.319. The number of rotatable bonds is 7. The van der Waals surface area contributed by atoms with E-state index >= 15 is 0 Å². The number of amides is 1. The first-order chi connectivity index (χ1) is 16.4. The van der Waals surface area contributed by atoms with E-state index in [1.54, 1.807) is 48.5 Å². The predicted molar refractivity (Wildman–Crippen MR) is 128 cm³/mol. The Bertz CT molecular complexity index is 1380. The van der Waals surface area contributed by atoms with Crippen LogP contribution in [0.2, 0.25) is 0 Å². The van der Waals surface area contributed by atoms with Gasteiger partial charge in [0.05, 0.1) is 0 Å². The number of aryl methyl sites for hydroxylation is 2. The van der Waals surface area contributed by atoms with E-state index in [4.69, 9.17) is 13.9 Å². The third-order valence-electron chi connectivity index (χ3n) is 5.19. The van der Waals surface area contributed by atoms with Gasteiger partial charge in [-0.1, -0.05) is 48.0 Å². The molecule has 0 aliphatic heterocycles. The Morgan fingerprint density at radius 2 is 1.68 bits per heavy atom. The Morgan fingerprint density at radius 1 is 0.941 bits per heavy atom. The topological polar surface area (TPSA) is 94.8 Å². The molecule has 4 aromatic rings. The maximum atomic E-state index is 12.9. The van der Waals surface area contributed by atoms with E-state index in [-0.39, 0.29) is 0 Å². The zero-order valence-corrected chi connectivity index (χ0v) is 18.7. The van der Waals surface area contributed by atoms with Crippen molar-refractivity contribution in [3.63, 3.8) is 0 Å². The van der Waals surface area contributed by atoms with Gasteiger partial charge in [0.1, 0.15) is 11.3 Å². The van der Waals surface area contributed by atoms with E-state index in [9.17, 15) is 14.4 Å². The molecule has 1 aromatic heterocycles. The van der Waals surface area contributed by atoms with Crippen LogP contribution in [0, 0.1) is 13.8 Å². The Morgan fingerprint density at radius 3 is 2.41 bits per heavy atom. The van der Waals surface area contributed by atoms with E-state index in [0.717, 1.165) is 16.5 Å². The van der Waals surface area contributed by atoms with Crippen molar-refractivity contribution in [1.82, 2.24) is 0 Å². The van der Waals surface area contributed by atoms with Gasteiger partial charge in [0.2, 0.25) is 6.10 Å². The molecule has 4 rings (SSSR count). The minimum Gasteiger partial charge on any atom is -0.482 e. The van der Waals surface area contributed by atoms with Gasteiger partial charge >= 0.3 is 11.6 Å². The molecule has 0 spiro atoms. The number of nitrogens with one attached hydrogen (secondary N) is 1. The summed E-state index contributed by atoms with van der Waals surface area (Å²) in [5, 5.41) is 3.55. The molecule has 1 unspecified atom stereocenters. The first-order valence-electron chi connectivity index (χ1n) is 10.7. The number of carbonyl (C=O) groups excluding carboxylic acids is 2. The number of ether oxygens (including phenoxy) is 2. The molecule has 1 heterocycles.